The van der Waals surface area contributed by atoms with E-state index in [9.17, 15) is 18.3 Å². The number of aromatic nitrogens is 1. The van der Waals surface area contributed by atoms with Crippen molar-refractivity contribution < 1.29 is 23.1 Å². The molecule has 1 amide bonds. The van der Waals surface area contributed by atoms with Gasteiger partial charge in [0.2, 0.25) is 15.9 Å². The first-order chi connectivity index (χ1) is 12.8. The summed E-state index contributed by atoms with van der Waals surface area (Å²) in [6.07, 6.45) is 1.74. The van der Waals surface area contributed by atoms with Crippen LogP contribution in [-0.4, -0.2) is 54.8 Å². The van der Waals surface area contributed by atoms with E-state index >= 15 is 0 Å². The predicted molar refractivity (Wildman–Crippen MR) is 99.3 cm³/mol. The molecule has 1 aromatic heterocycles. The van der Waals surface area contributed by atoms with Gasteiger partial charge in [0.05, 0.1) is 31.1 Å². The average molecular weight is 391 g/mol. The molecule has 1 aliphatic heterocycles. The molecule has 0 radical (unpaired) electrons. The Bertz CT molecular complexity index is 887. The van der Waals surface area contributed by atoms with Crippen LogP contribution in [0.4, 0.5) is 5.69 Å². The van der Waals surface area contributed by atoms with Crippen molar-refractivity contribution in [2.24, 2.45) is 0 Å². The van der Waals surface area contributed by atoms with Crippen LogP contribution in [0, 0.1) is 0 Å². The molecule has 1 aliphatic rings. The van der Waals surface area contributed by atoms with E-state index in [-0.39, 0.29) is 25.7 Å². The van der Waals surface area contributed by atoms with Crippen LogP contribution in [0.3, 0.4) is 0 Å². The molecule has 2 heterocycles. The molecular weight excluding hydrogens is 370 g/mol. The molecule has 9 heteroatoms. The van der Waals surface area contributed by atoms with Crippen molar-refractivity contribution in [3.63, 3.8) is 0 Å². The van der Waals surface area contributed by atoms with Crippen molar-refractivity contribution in [3.05, 3.63) is 59.9 Å². The van der Waals surface area contributed by atoms with Crippen molar-refractivity contribution >= 4 is 21.6 Å². The van der Waals surface area contributed by atoms with Gasteiger partial charge in [0, 0.05) is 11.9 Å². The van der Waals surface area contributed by atoms with Crippen molar-refractivity contribution in [2.45, 2.75) is 18.7 Å². The highest BCUT2D eigenvalue weighted by Crippen LogP contribution is 2.26. The molecule has 1 fully saturated rings. The topological polar surface area (TPSA) is 109 Å². The molecule has 1 saturated heterocycles. The lowest BCUT2D eigenvalue weighted by atomic mass is 10.00. The van der Waals surface area contributed by atoms with Gasteiger partial charge in [-0.2, -0.15) is 0 Å². The normalized spacial score (nSPS) is 19.0. The fraction of sp³-hybridized carbons (Fsp3) is 0.333. The maximum Gasteiger partial charge on any atom is 0.249 e. The summed E-state index contributed by atoms with van der Waals surface area (Å²) in [6.45, 7) is 0.439. The van der Waals surface area contributed by atoms with Crippen molar-refractivity contribution in [3.8, 4) is 0 Å². The summed E-state index contributed by atoms with van der Waals surface area (Å²) in [5, 5.41) is 10.8. The maximum absolute atomic E-state index is 12.3. The number of amides is 1. The minimum Gasteiger partial charge on any atom is -0.386 e. The number of hydrogen-bond acceptors (Lipinski definition) is 6. The summed E-state index contributed by atoms with van der Waals surface area (Å²) >= 11 is 0. The van der Waals surface area contributed by atoms with E-state index in [4.69, 9.17) is 4.74 Å². The molecule has 3 rings (SSSR count). The molecule has 0 saturated carbocycles. The zero-order valence-electron chi connectivity index (χ0n) is 14.8. The summed E-state index contributed by atoms with van der Waals surface area (Å²) in [4.78, 5) is 18.1. The third kappa shape index (κ3) is 5.03. The third-order valence-corrected chi connectivity index (χ3v) is 4.82. The monoisotopic (exact) mass is 391 g/mol. The molecule has 27 heavy (non-hydrogen) atoms. The number of hydrogen-bond donors (Lipinski definition) is 2. The number of morpholine rings is 1. The summed E-state index contributed by atoms with van der Waals surface area (Å²) in [5.41, 5.74) is 1.68. The number of anilines is 1. The molecule has 0 bridgehead atoms. The summed E-state index contributed by atoms with van der Waals surface area (Å²) in [7, 11) is -3.37. The Kier molecular flexibility index (Phi) is 5.73. The molecule has 0 unspecified atom stereocenters. The molecular formula is C18H21N3O5S. The van der Waals surface area contributed by atoms with E-state index in [0.29, 0.717) is 11.3 Å². The first-order valence-corrected chi connectivity index (χ1v) is 10.3. The Morgan fingerprint density at radius 2 is 2.04 bits per heavy atom. The number of sulfonamides is 1. The quantitative estimate of drug-likeness (QED) is 0.758. The second-order valence-electron chi connectivity index (χ2n) is 6.37. The fourth-order valence-corrected chi connectivity index (χ4v) is 3.51. The lowest BCUT2D eigenvalue weighted by Crippen LogP contribution is -2.51. The van der Waals surface area contributed by atoms with Crippen LogP contribution in [-0.2, 0) is 26.1 Å². The highest BCUT2D eigenvalue weighted by Gasteiger charge is 2.34. The average Bonchev–Trinajstić information content (AvgIpc) is 2.63. The van der Waals surface area contributed by atoms with E-state index in [2.05, 4.69) is 9.71 Å². The lowest BCUT2D eigenvalue weighted by molar-refractivity contribution is -0.155. The molecule has 144 valence electrons. The molecule has 2 aromatic rings. The summed E-state index contributed by atoms with van der Waals surface area (Å²) < 4.78 is 30.3. The van der Waals surface area contributed by atoms with Gasteiger partial charge in [0.15, 0.2) is 0 Å². The number of carbonyl (C=O) groups excluding carboxylic acids is 1. The van der Waals surface area contributed by atoms with Gasteiger partial charge in [0.25, 0.3) is 0 Å². The van der Waals surface area contributed by atoms with Crippen molar-refractivity contribution in [1.82, 2.24) is 9.88 Å². The Morgan fingerprint density at radius 1 is 1.30 bits per heavy atom. The minimum atomic E-state index is -3.37. The van der Waals surface area contributed by atoms with Gasteiger partial charge in [-0.15, -0.1) is 0 Å². The first-order valence-electron chi connectivity index (χ1n) is 8.36. The van der Waals surface area contributed by atoms with Crippen LogP contribution in [0.5, 0.6) is 0 Å². The van der Waals surface area contributed by atoms with Gasteiger partial charge < -0.3 is 14.7 Å². The molecule has 1 aromatic carbocycles. The number of carbonyl (C=O) groups is 1. The van der Waals surface area contributed by atoms with Gasteiger partial charge in [-0.05, 0) is 29.8 Å². The molecule has 2 atom stereocenters. The Morgan fingerprint density at radius 3 is 2.67 bits per heavy atom. The van der Waals surface area contributed by atoms with Crippen LogP contribution in [0.2, 0.25) is 0 Å². The van der Waals surface area contributed by atoms with E-state index in [1.54, 1.807) is 41.4 Å². The molecule has 2 N–H and O–H groups in total. The minimum absolute atomic E-state index is 0.0345. The second kappa shape index (κ2) is 8.03. The molecule has 0 aliphatic carbocycles. The number of benzene rings is 1. The SMILES string of the molecule is CS(=O)(=O)Nc1ccc([C@@H](O)[C@H]2COCC(=O)N2Cc2ccccn2)cc1. The largest absolute Gasteiger partial charge is 0.386 e. The van der Waals surface area contributed by atoms with Crippen LogP contribution >= 0.6 is 0 Å². The van der Waals surface area contributed by atoms with Gasteiger partial charge in [-0.25, -0.2) is 8.42 Å². The van der Waals surface area contributed by atoms with Crippen LogP contribution < -0.4 is 4.72 Å². The number of nitrogens with zero attached hydrogens (tertiary/aromatic N) is 2. The van der Waals surface area contributed by atoms with Crippen LogP contribution in [0.25, 0.3) is 0 Å². The zero-order chi connectivity index (χ0) is 19.4. The zero-order valence-corrected chi connectivity index (χ0v) is 15.6. The van der Waals surface area contributed by atoms with Crippen molar-refractivity contribution in [2.75, 3.05) is 24.2 Å². The van der Waals surface area contributed by atoms with E-state index < -0.39 is 22.2 Å². The van der Waals surface area contributed by atoms with E-state index in [1.807, 2.05) is 12.1 Å². The number of nitrogens with one attached hydrogen (secondary N) is 1. The predicted octanol–water partition coefficient (Wildman–Crippen LogP) is 0.914. The third-order valence-electron chi connectivity index (χ3n) is 4.21. The lowest BCUT2D eigenvalue weighted by Gasteiger charge is -2.38. The van der Waals surface area contributed by atoms with Gasteiger partial charge >= 0.3 is 0 Å². The highest BCUT2D eigenvalue weighted by molar-refractivity contribution is 7.92. The summed E-state index contributed by atoms with van der Waals surface area (Å²) in [5.74, 6) is -0.216. The van der Waals surface area contributed by atoms with E-state index in [1.165, 1.54) is 0 Å². The van der Waals surface area contributed by atoms with Gasteiger partial charge in [-0.3, -0.25) is 14.5 Å². The van der Waals surface area contributed by atoms with Gasteiger partial charge in [0.1, 0.15) is 12.7 Å². The fourth-order valence-electron chi connectivity index (χ4n) is 2.94. The van der Waals surface area contributed by atoms with Crippen LogP contribution in [0.1, 0.15) is 17.4 Å². The van der Waals surface area contributed by atoms with Gasteiger partial charge in [-0.1, -0.05) is 18.2 Å². The summed E-state index contributed by atoms with van der Waals surface area (Å²) in [6, 6.07) is 11.3. The number of aliphatic hydroxyl groups is 1. The number of pyridine rings is 1. The Hall–Kier alpha value is -2.49. The van der Waals surface area contributed by atoms with Crippen LogP contribution in [0.15, 0.2) is 48.7 Å². The number of ether oxygens (including phenoxy) is 1. The molecule has 0 spiro atoms. The Labute approximate surface area is 157 Å². The second-order valence-corrected chi connectivity index (χ2v) is 8.11. The number of rotatable bonds is 6. The number of aliphatic hydroxyl groups excluding tert-OH is 1. The highest BCUT2D eigenvalue weighted by atomic mass is 32.2. The standard InChI is InChI=1S/C18H21N3O5S/c1-27(24,25)20-14-7-5-13(6-8-14)18(23)16-11-26-12-17(22)21(16)10-15-4-2-3-9-19-15/h2-9,16,18,20,23H,10-12H2,1H3/t16-,18-/m1/s1. The smallest absolute Gasteiger partial charge is 0.249 e. The Balaban J connectivity index is 1.78. The maximum atomic E-state index is 12.3. The van der Waals surface area contributed by atoms with Crippen molar-refractivity contribution in [1.29, 1.82) is 0 Å². The first kappa shape index (κ1) is 19.3. The van der Waals surface area contributed by atoms with E-state index in [0.717, 1.165) is 11.9 Å². The molecule has 8 nitrogen and oxygen atoms in total.